The minimum absolute atomic E-state index is 0.0329. The van der Waals surface area contributed by atoms with Gasteiger partial charge in [0.2, 0.25) is 0 Å². The van der Waals surface area contributed by atoms with Gasteiger partial charge < -0.3 is 0 Å². The number of hydrogen-bond acceptors (Lipinski definition) is 3. The Morgan fingerprint density at radius 3 is 2.67 bits per heavy atom. The summed E-state index contributed by atoms with van der Waals surface area (Å²) >= 11 is 1.68. The maximum absolute atomic E-state index is 13.3. The minimum Gasteiger partial charge on any atom is -0.271 e. The molecule has 0 saturated carbocycles. The number of benzene rings is 1. The Morgan fingerprint density at radius 2 is 2.06 bits per heavy atom. The van der Waals surface area contributed by atoms with Crippen LogP contribution >= 0.6 is 11.3 Å². The highest BCUT2D eigenvalue weighted by Gasteiger charge is 2.15. The second kappa shape index (κ2) is 5.61. The van der Waals surface area contributed by atoms with Gasteiger partial charge in [-0.05, 0) is 60.5 Å². The Labute approximate surface area is 111 Å². The van der Waals surface area contributed by atoms with E-state index in [1.54, 1.807) is 23.5 Å². The number of rotatable bonds is 4. The summed E-state index contributed by atoms with van der Waals surface area (Å²) in [5.41, 5.74) is 6.13. The van der Waals surface area contributed by atoms with Gasteiger partial charge in [-0.1, -0.05) is 6.07 Å². The molecule has 0 amide bonds. The number of nitrogens with one attached hydrogen (secondary N) is 1. The molecule has 0 saturated heterocycles. The first-order valence-electron chi connectivity index (χ1n) is 5.87. The average molecular weight is 264 g/mol. The van der Waals surface area contributed by atoms with E-state index < -0.39 is 0 Å². The Bertz CT molecular complexity index is 536. The molecule has 3 N–H and O–H groups in total. The van der Waals surface area contributed by atoms with Crippen LogP contribution in [0.3, 0.4) is 0 Å². The molecule has 4 heteroatoms. The predicted octanol–water partition coefficient (Wildman–Crippen LogP) is 3.25. The van der Waals surface area contributed by atoms with Crippen LogP contribution in [0.15, 0.2) is 29.6 Å². The Kier molecular flexibility index (Phi) is 4.11. The third kappa shape index (κ3) is 2.77. The van der Waals surface area contributed by atoms with Crippen LogP contribution in [0.5, 0.6) is 0 Å². The SMILES string of the molecule is Cc1ccc(F)cc1CC(NN)c1sccc1C. The van der Waals surface area contributed by atoms with Crippen molar-refractivity contribution in [2.24, 2.45) is 5.84 Å². The van der Waals surface area contributed by atoms with Crippen LogP contribution in [0, 0.1) is 19.7 Å². The van der Waals surface area contributed by atoms with Crippen molar-refractivity contribution in [2.45, 2.75) is 26.3 Å². The van der Waals surface area contributed by atoms with Gasteiger partial charge in [0.15, 0.2) is 0 Å². The number of hydrogen-bond donors (Lipinski definition) is 2. The van der Waals surface area contributed by atoms with Crippen LogP contribution in [-0.4, -0.2) is 0 Å². The van der Waals surface area contributed by atoms with Gasteiger partial charge >= 0.3 is 0 Å². The molecule has 2 nitrogen and oxygen atoms in total. The van der Waals surface area contributed by atoms with Crippen molar-refractivity contribution in [3.05, 3.63) is 57.0 Å². The van der Waals surface area contributed by atoms with Crippen molar-refractivity contribution in [2.75, 3.05) is 0 Å². The standard InChI is InChI=1S/C14H17FN2S/c1-9-3-4-12(15)7-11(9)8-13(17-16)14-10(2)5-6-18-14/h3-7,13,17H,8,16H2,1-2H3. The molecule has 2 rings (SSSR count). The Balaban J connectivity index is 2.26. The molecule has 0 aliphatic rings. The van der Waals surface area contributed by atoms with E-state index in [1.165, 1.54) is 16.5 Å². The number of nitrogens with two attached hydrogens (primary N) is 1. The molecule has 1 aromatic carbocycles. The van der Waals surface area contributed by atoms with E-state index in [1.807, 2.05) is 12.3 Å². The maximum atomic E-state index is 13.3. The lowest BCUT2D eigenvalue weighted by Crippen LogP contribution is -2.29. The highest BCUT2D eigenvalue weighted by molar-refractivity contribution is 7.10. The number of thiophene rings is 1. The molecule has 0 spiro atoms. The lowest BCUT2D eigenvalue weighted by molar-refractivity contribution is 0.553. The molecule has 0 aliphatic heterocycles. The Morgan fingerprint density at radius 1 is 1.28 bits per heavy atom. The molecule has 1 heterocycles. The number of aryl methyl sites for hydroxylation is 2. The van der Waals surface area contributed by atoms with Gasteiger partial charge in [0.25, 0.3) is 0 Å². The fourth-order valence-corrected chi connectivity index (χ4v) is 3.04. The predicted molar refractivity (Wildman–Crippen MR) is 74.0 cm³/mol. The zero-order valence-electron chi connectivity index (χ0n) is 10.5. The van der Waals surface area contributed by atoms with E-state index >= 15 is 0 Å². The quantitative estimate of drug-likeness (QED) is 0.657. The molecule has 0 radical (unpaired) electrons. The summed E-state index contributed by atoms with van der Waals surface area (Å²) in [6.07, 6.45) is 0.696. The first-order valence-corrected chi connectivity index (χ1v) is 6.75. The maximum Gasteiger partial charge on any atom is 0.123 e. The molecule has 0 bridgehead atoms. The molecule has 2 aromatic rings. The number of halogens is 1. The summed E-state index contributed by atoms with van der Waals surface area (Å²) in [6.45, 7) is 4.05. The third-order valence-corrected chi connectivity index (χ3v) is 4.29. The first kappa shape index (κ1) is 13.2. The van der Waals surface area contributed by atoms with E-state index in [0.717, 1.165) is 11.1 Å². The summed E-state index contributed by atoms with van der Waals surface area (Å²) in [6, 6.07) is 6.98. The fourth-order valence-electron chi connectivity index (χ4n) is 2.05. The monoisotopic (exact) mass is 264 g/mol. The van der Waals surface area contributed by atoms with Crippen LogP contribution < -0.4 is 11.3 Å². The lowest BCUT2D eigenvalue weighted by Gasteiger charge is -2.17. The van der Waals surface area contributed by atoms with Gasteiger partial charge in [-0.15, -0.1) is 11.3 Å². The molecule has 1 aromatic heterocycles. The molecule has 1 unspecified atom stereocenters. The third-order valence-electron chi connectivity index (χ3n) is 3.15. The van der Waals surface area contributed by atoms with Crippen molar-refractivity contribution in [3.63, 3.8) is 0 Å². The summed E-state index contributed by atoms with van der Waals surface area (Å²) < 4.78 is 13.3. The van der Waals surface area contributed by atoms with E-state index in [9.17, 15) is 4.39 Å². The fraction of sp³-hybridized carbons (Fsp3) is 0.286. The summed E-state index contributed by atoms with van der Waals surface area (Å²) in [5, 5.41) is 2.05. The summed E-state index contributed by atoms with van der Waals surface area (Å²) in [7, 11) is 0. The second-order valence-electron chi connectivity index (χ2n) is 4.46. The van der Waals surface area contributed by atoms with Gasteiger partial charge in [0, 0.05) is 4.88 Å². The Hall–Kier alpha value is -1.23. The van der Waals surface area contributed by atoms with Gasteiger partial charge in [-0.25, -0.2) is 4.39 Å². The lowest BCUT2D eigenvalue weighted by atomic mass is 9.99. The molecular weight excluding hydrogens is 247 g/mol. The second-order valence-corrected chi connectivity index (χ2v) is 5.41. The van der Waals surface area contributed by atoms with Crippen LogP contribution in [0.2, 0.25) is 0 Å². The molecule has 96 valence electrons. The normalized spacial score (nSPS) is 12.7. The largest absolute Gasteiger partial charge is 0.271 e. The number of hydrazine groups is 1. The van der Waals surface area contributed by atoms with E-state index in [0.29, 0.717) is 6.42 Å². The molecule has 1 atom stereocenters. The molecule has 0 fully saturated rings. The van der Waals surface area contributed by atoms with Gasteiger partial charge in [-0.2, -0.15) is 0 Å². The van der Waals surface area contributed by atoms with Crippen molar-refractivity contribution < 1.29 is 4.39 Å². The van der Waals surface area contributed by atoms with E-state index in [-0.39, 0.29) is 11.9 Å². The molecule has 0 aliphatic carbocycles. The zero-order valence-corrected chi connectivity index (χ0v) is 11.4. The molecule has 18 heavy (non-hydrogen) atoms. The van der Waals surface area contributed by atoms with Crippen LogP contribution in [0.1, 0.15) is 27.6 Å². The zero-order chi connectivity index (χ0) is 13.1. The van der Waals surface area contributed by atoms with E-state index in [4.69, 9.17) is 5.84 Å². The van der Waals surface area contributed by atoms with Crippen molar-refractivity contribution in [3.8, 4) is 0 Å². The van der Waals surface area contributed by atoms with Crippen LogP contribution in [0.4, 0.5) is 4.39 Å². The van der Waals surface area contributed by atoms with E-state index in [2.05, 4.69) is 18.4 Å². The van der Waals surface area contributed by atoms with Crippen molar-refractivity contribution in [1.29, 1.82) is 0 Å². The van der Waals surface area contributed by atoms with Gasteiger partial charge in [-0.3, -0.25) is 11.3 Å². The van der Waals surface area contributed by atoms with Crippen LogP contribution in [-0.2, 0) is 6.42 Å². The van der Waals surface area contributed by atoms with Crippen molar-refractivity contribution >= 4 is 11.3 Å². The highest BCUT2D eigenvalue weighted by atomic mass is 32.1. The van der Waals surface area contributed by atoms with Gasteiger partial charge in [0.05, 0.1) is 6.04 Å². The summed E-state index contributed by atoms with van der Waals surface area (Å²) in [5.74, 6) is 5.43. The molecular formula is C14H17FN2S. The smallest absolute Gasteiger partial charge is 0.123 e. The average Bonchev–Trinajstić information content (AvgIpc) is 2.77. The summed E-state index contributed by atoms with van der Waals surface area (Å²) in [4.78, 5) is 1.21. The highest BCUT2D eigenvalue weighted by Crippen LogP contribution is 2.27. The van der Waals surface area contributed by atoms with Crippen LogP contribution in [0.25, 0.3) is 0 Å². The first-order chi connectivity index (χ1) is 8.61. The minimum atomic E-state index is -0.200. The topological polar surface area (TPSA) is 38.0 Å². The van der Waals surface area contributed by atoms with Gasteiger partial charge in [0.1, 0.15) is 5.82 Å². The van der Waals surface area contributed by atoms with Crippen molar-refractivity contribution in [1.82, 2.24) is 5.43 Å².